The molecular formula is C18H24N2O4. The summed E-state index contributed by atoms with van der Waals surface area (Å²) in [7, 11) is 1.34. The summed E-state index contributed by atoms with van der Waals surface area (Å²) in [6.45, 7) is 0.839. The smallest absolute Gasteiger partial charge is 0.328 e. The van der Waals surface area contributed by atoms with Crippen molar-refractivity contribution in [1.29, 1.82) is 0 Å². The molecule has 1 aliphatic rings. The number of hydrogen-bond donors (Lipinski definition) is 1. The van der Waals surface area contributed by atoms with Gasteiger partial charge in [0.1, 0.15) is 6.04 Å². The highest BCUT2D eigenvalue weighted by atomic mass is 16.5. The summed E-state index contributed by atoms with van der Waals surface area (Å²) in [6.07, 6.45) is 2.92. The number of hydrogen-bond acceptors (Lipinski definition) is 4. The molecule has 2 rings (SSSR count). The number of methoxy groups -OCH3 is 1. The Bertz CT molecular complexity index is 574. The third-order valence-corrected chi connectivity index (χ3v) is 4.16. The molecule has 1 N–H and O–H groups in total. The van der Waals surface area contributed by atoms with Gasteiger partial charge in [0.05, 0.1) is 13.5 Å². The number of carbonyl (C=O) groups excluding carboxylic acids is 3. The summed E-state index contributed by atoms with van der Waals surface area (Å²) < 4.78 is 4.78. The first-order chi connectivity index (χ1) is 11.6. The SMILES string of the molecule is COC(=O)C1CCCCN1C(=O)CCNC(=O)Cc1ccccc1. The second-order valence-corrected chi connectivity index (χ2v) is 5.88. The van der Waals surface area contributed by atoms with Gasteiger partial charge in [-0.2, -0.15) is 0 Å². The molecule has 6 heteroatoms. The normalized spacial score (nSPS) is 17.2. The minimum Gasteiger partial charge on any atom is -0.467 e. The van der Waals surface area contributed by atoms with Gasteiger partial charge >= 0.3 is 5.97 Å². The predicted octanol–water partition coefficient (Wildman–Crippen LogP) is 1.29. The monoisotopic (exact) mass is 332 g/mol. The van der Waals surface area contributed by atoms with Crippen molar-refractivity contribution in [2.75, 3.05) is 20.2 Å². The van der Waals surface area contributed by atoms with Crippen LogP contribution in [0.25, 0.3) is 0 Å². The molecule has 1 saturated heterocycles. The average Bonchev–Trinajstić information content (AvgIpc) is 2.61. The van der Waals surface area contributed by atoms with Gasteiger partial charge in [-0.05, 0) is 24.8 Å². The molecule has 0 spiro atoms. The van der Waals surface area contributed by atoms with Crippen LogP contribution in [0, 0.1) is 0 Å². The summed E-state index contributed by atoms with van der Waals surface area (Å²) in [5.74, 6) is -0.599. The van der Waals surface area contributed by atoms with Crippen molar-refractivity contribution in [2.45, 2.75) is 38.1 Å². The number of amides is 2. The number of rotatable bonds is 6. The van der Waals surface area contributed by atoms with Gasteiger partial charge in [0.2, 0.25) is 11.8 Å². The maximum absolute atomic E-state index is 12.3. The number of likely N-dealkylation sites (tertiary alicyclic amines) is 1. The second-order valence-electron chi connectivity index (χ2n) is 5.88. The molecule has 1 aliphatic heterocycles. The van der Waals surface area contributed by atoms with Crippen LogP contribution in [0.3, 0.4) is 0 Å². The van der Waals surface area contributed by atoms with Gasteiger partial charge in [-0.15, -0.1) is 0 Å². The van der Waals surface area contributed by atoms with Crippen LogP contribution in [0.1, 0.15) is 31.2 Å². The zero-order valence-corrected chi connectivity index (χ0v) is 14.0. The van der Waals surface area contributed by atoms with Crippen molar-refractivity contribution in [1.82, 2.24) is 10.2 Å². The molecule has 24 heavy (non-hydrogen) atoms. The highest BCUT2D eigenvalue weighted by Crippen LogP contribution is 2.18. The van der Waals surface area contributed by atoms with Crippen LogP contribution in [0.4, 0.5) is 0 Å². The van der Waals surface area contributed by atoms with Crippen LogP contribution < -0.4 is 5.32 Å². The molecule has 1 fully saturated rings. The summed E-state index contributed by atoms with van der Waals surface area (Å²) in [5.41, 5.74) is 0.933. The number of benzene rings is 1. The highest BCUT2D eigenvalue weighted by molar-refractivity contribution is 5.85. The predicted molar refractivity (Wildman–Crippen MR) is 89.1 cm³/mol. The zero-order chi connectivity index (χ0) is 17.4. The van der Waals surface area contributed by atoms with E-state index in [0.29, 0.717) is 19.4 Å². The maximum Gasteiger partial charge on any atom is 0.328 e. The van der Waals surface area contributed by atoms with Crippen LogP contribution in [0.5, 0.6) is 0 Å². The Balaban J connectivity index is 1.77. The Kier molecular flexibility index (Phi) is 6.78. The molecular weight excluding hydrogens is 308 g/mol. The van der Waals surface area contributed by atoms with Gasteiger partial charge in [-0.25, -0.2) is 4.79 Å². The third-order valence-electron chi connectivity index (χ3n) is 4.16. The fourth-order valence-electron chi connectivity index (χ4n) is 2.91. The summed E-state index contributed by atoms with van der Waals surface area (Å²) in [6, 6.07) is 8.96. The first-order valence-corrected chi connectivity index (χ1v) is 8.29. The van der Waals surface area contributed by atoms with Crippen LogP contribution in [-0.4, -0.2) is 48.9 Å². The fourth-order valence-corrected chi connectivity index (χ4v) is 2.91. The first-order valence-electron chi connectivity index (χ1n) is 8.29. The summed E-state index contributed by atoms with van der Waals surface area (Å²) >= 11 is 0. The Morgan fingerprint density at radius 2 is 1.96 bits per heavy atom. The number of ether oxygens (including phenoxy) is 1. The number of nitrogens with zero attached hydrogens (tertiary/aromatic N) is 1. The molecule has 6 nitrogen and oxygen atoms in total. The molecule has 0 aliphatic carbocycles. The number of carbonyl (C=O) groups is 3. The van der Waals surface area contributed by atoms with Crippen molar-refractivity contribution in [2.24, 2.45) is 0 Å². The Hall–Kier alpha value is -2.37. The summed E-state index contributed by atoms with van der Waals surface area (Å²) in [4.78, 5) is 37.6. The van der Waals surface area contributed by atoms with Crippen molar-refractivity contribution >= 4 is 17.8 Å². The molecule has 0 radical (unpaired) electrons. The van der Waals surface area contributed by atoms with E-state index in [9.17, 15) is 14.4 Å². The third kappa shape index (κ3) is 5.08. The lowest BCUT2D eigenvalue weighted by atomic mass is 10.0. The van der Waals surface area contributed by atoms with Gasteiger partial charge in [0.25, 0.3) is 0 Å². The Labute approximate surface area is 142 Å². The second kappa shape index (κ2) is 9.05. The lowest BCUT2D eigenvalue weighted by molar-refractivity contribution is -0.154. The largest absolute Gasteiger partial charge is 0.467 e. The van der Waals surface area contributed by atoms with E-state index in [0.717, 1.165) is 18.4 Å². The first kappa shape index (κ1) is 18.0. The standard InChI is InChI=1S/C18H24N2O4/c1-24-18(23)15-9-5-6-12-20(15)17(22)10-11-19-16(21)13-14-7-3-2-4-8-14/h2-4,7-8,15H,5-6,9-13H2,1H3,(H,19,21). The quantitative estimate of drug-likeness (QED) is 0.797. The van der Waals surface area contributed by atoms with E-state index in [4.69, 9.17) is 4.74 Å². The molecule has 0 bridgehead atoms. The molecule has 0 saturated carbocycles. The van der Waals surface area contributed by atoms with E-state index < -0.39 is 6.04 Å². The minimum atomic E-state index is -0.490. The Morgan fingerprint density at radius 1 is 1.21 bits per heavy atom. The number of nitrogens with one attached hydrogen (secondary N) is 1. The van der Waals surface area contributed by atoms with Crippen LogP contribution in [-0.2, 0) is 25.5 Å². The minimum absolute atomic E-state index is 0.114. The lowest BCUT2D eigenvalue weighted by Crippen LogP contribution is -2.49. The number of esters is 1. The van der Waals surface area contributed by atoms with Crippen LogP contribution in [0.2, 0.25) is 0 Å². The van der Waals surface area contributed by atoms with E-state index in [1.54, 1.807) is 4.90 Å². The van der Waals surface area contributed by atoms with Gasteiger partial charge in [-0.1, -0.05) is 30.3 Å². The molecule has 1 aromatic rings. The molecule has 1 heterocycles. The van der Waals surface area contributed by atoms with Crippen molar-refractivity contribution in [3.63, 3.8) is 0 Å². The molecule has 1 unspecified atom stereocenters. The topological polar surface area (TPSA) is 75.7 Å². The van der Waals surface area contributed by atoms with Crippen LogP contribution >= 0.6 is 0 Å². The van der Waals surface area contributed by atoms with Crippen molar-refractivity contribution in [3.05, 3.63) is 35.9 Å². The highest BCUT2D eigenvalue weighted by Gasteiger charge is 2.32. The summed E-state index contributed by atoms with van der Waals surface area (Å²) in [5, 5.41) is 2.76. The Morgan fingerprint density at radius 3 is 2.67 bits per heavy atom. The van der Waals surface area contributed by atoms with Crippen LogP contribution in [0.15, 0.2) is 30.3 Å². The molecule has 0 aromatic heterocycles. The molecule has 1 aromatic carbocycles. The van der Waals surface area contributed by atoms with E-state index in [1.165, 1.54) is 7.11 Å². The van der Waals surface area contributed by atoms with Crippen molar-refractivity contribution < 1.29 is 19.1 Å². The van der Waals surface area contributed by atoms with E-state index in [1.807, 2.05) is 30.3 Å². The fraction of sp³-hybridized carbons (Fsp3) is 0.500. The molecule has 130 valence electrons. The average molecular weight is 332 g/mol. The van der Waals surface area contributed by atoms with E-state index >= 15 is 0 Å². The maximum atomic E-state index is 12.3. The van der Waals surface area contributed by atoms with E-state index in [2.05, 4.69) is 5.32 Å². The zero-order valence-electron chi connectivity index (χ0n) is 14.0. The van der Waals surface area contributed by atoms with Gasteiger partial charge in [0, 0.05) is 19.5 Å². The lowest BCUT2D eigenvalue weighted by Gasteiger charge is -2.33. The number of piperidine rings is 1. The van der Waals surface area contributed by atoms with E-state index in [-0.39, 0.29) is 30.7 Å². The molecule has 2 amide bonds. The molecule has 1 atom stereocenters. The van der Waals surface area contributed by atoms with Gasteiger partial charge < -0.3 is 15.0 Å². The van der Waals surface area contributed by atoms with Gasteiger partial charge in [0.15, 0.2) is 0 Å². The van der Waals surface area contributed by atoms with Crippen molar-refractivity contribution in [3.8, 4) is 0 Å². The van der Waals surface area contributed by atoms with Gasteiger partial charge in [-0.3, -0.25) is 9.59 Å².